The average molecular weight is 499 g/mol. The van der Waals surface area contributed by atoms with E-state index in [4.69, 9.17) is 11.6 Å². The molecule has 3 nitrogen and oxygen atoms in total. The summed E-state index contributed by atoms with van der Waals surface area (Å²) in [5, 5.41) is 7.98. The lowest BCUT2D eigenvalue weighted by molar-refractivity contribution is -0.117. The van der Waals surface area contributed by atoms with Gasteiger partial charge in [0.1, 0.15) is 6.54 Å². The Morgan fingerprint density at radius 1 is 0.622 bits per heavy atom. The van der Waals surface area contributed by atoms with Gasteiger partial charge in [-0.3, -0.25) is 4.79 Å². The van der Waals surface area contributed by atoms with E-state index in [0.717, 1.165) is 22.6 Å². The minimum Gasteiger partial charge on any atom is -0.330 e. The molecule has 6 aromatic rings. The minimum atomic E-state index is 0.0578. The van der Waals surface area contributed by atoms with E-state index in [9.17, 15) is 4.79 Å². The van der Waals surface area contributed by atoms with Crippen molar-refractivity contribution in [2.75, 3.05) is 16.3 Å². The Kier molecular flexibility index (Phi) is 5.12. The number of hydrogen-bond donors (Lipinski definition) is 0. The minimum absolute atomic E-state index is 0.0578. The number of hydrogen-bond acceptors (Lipinski definition) is 2. The first-order chi connectivity index (χ1) is 18.2. The molecule has 0 N–H and O–H groups in total. The van der Waals surface area contributed by atoms with Gasteiger partial charge in [0.2, 0.25) is 5.91 Å². The molecule has 1 aliphatic rings. The summed E-state index contributed by atoms with van der Waals surface area (Å²) in [5.74, 6) is 0.0578. The Balaban J connectivity index is 1.34. The van der Waals surface area contributed by atoms with E-state index in [1.165, 1.54) is 32.3 Å². The molecule has 6 aromatic carbocycles. The Morgan fingerprint density at radius 2 is 1.32 bits per heavy atom. The number of nitrogens with zero attached hydrogens (tertiary/aromatic N) is 2. The zero-order chi connectivity index (χ0) is 24.9. The molecule has 1 aliphatic heterocycles. The van der Waals surface area contributed by atoms with Crippen molar-refractivity contribution in [2.24, 2.45) is 0 Å². The normalized spacial score (nSPS) is 13.5. The zero-order valence-electron chi connectivity index (χ0n) is 20.1. The van der Waals surface area contributed by atoms with Crippen LogP contribution in [0.25, 0.3) is 32.3 Å². The fraction of sp³-hybridized carbons (Fsp3) is 0.0606. The van der Waals surface area contributed by atoms with Crippen molar-refractivity contribution in [3.63, 3.8) is 0 Å². The maximum Gasteiger partial charge on any atom is 0.247 e. The SMILES string of the molecule is O=C1CN(c2ccccc2)c2cc(Cl)ccc2N1Cc1cccc2c1ccc1c3ccccc3ccc21. The van der Waals surface area contributed by atoms with Gasteiger partial charge in [0, 0.05) is 10.7 Å². The van der Waals surface area contributed by atoms with Crippen molar-refractivity contribution in [2.45, 2.75) is 6.54 Å². The summed E-state index contributed by atoms with van der Waals surface area (Å²) in [5.41, 5.74) is 3.90. The van der Waals surface area contributed by atoms with E-state index in [1.807, 2.05) is 58.3 Å². The highest BCUT2D eigenvalue weighted by molar-refractivity contribution is 6.31. The molecule has 37 heavy (non-hydrogen) atoms. The topological polar surface area (TPSA) is 23.6 Å². The van der Waals surface area contributed by atoms with E-state index in [-0.39, 0.29) is 12.5 Å². The van der Waals surface area contributed by atoms with Crippen LogP contribution < -0.4 is 9.80 Å². The largest absolute Gasteiger partial charge is 0.330 e. The molecule has 0 spiro atoms. The Bertz CT molecular complexity index is 1830. The van der Waals surface area contributed by atoms with Crippen molar-refractivity contribution in [1.29, 1.82) is 0 Å². The monoisotopic (exact) mass is 498 g/mol. The van der Waals surface area contributed by atoms with Gasteiger partial charge in [0.15, 0.2) is 0 Å². The fourth-order valence-electron chi connectivity index (χ4n) is 5.62. The van der Waals surface area contributed by atoms with Crippen LogP contribution >= 0.6 is 11.6 Å². The standard InChI is InChI=1S/C33H23ClN2O/c34-24-14-18-31-32(19-24)35(25-9-2-1-3-10-25)21-33(37)36(31)20-23-8-6-12-28-27(23)16-17-29-26-11-5-4-7-22(26)13-15-30(28)29/h1-19H,20-21H2. The van der Waals surface area contributed by atoms with Crippen molar-refractivity contribution in [3.05, 3.63) is 126 Å². The smallest absolute Gasteiger partial charge is 0.247 e. The van der Waals surface area contributed by atoms with Crippen LogP contribution in [0.2, 0.25) is 5.02 Å². The second-order valence-electron chi connectivity index (χ2n) is 9.49. The second kappa shape index (κ2) is 8.65. The molecule has 4 heteroatoms. The van der Waals surface area contributed by atoms with E-state index in [1.54, 1.807) is 0 Å². The lowest BCUT2D eigenvalue weighted by Crippen LogP contribution is -2.43. The molecule has 0 saturated heterocycles. The van der Waals surface area contributed by atoms with Gasteiger partial charge in [-0.25, -0.2) is 0 Å². The molecule has 178 valence electrons. The quantitative estimate of drug-likeness (QED) is 0.228. The van der Waals surface area contributed by atoms with Crippen LogP contribution in [0.15, 0.2) is 115 Å². The van der Waals surface area contributed by atoms with Crippen LogP contribution in [-0.4, -0.2) is 12.5 Å². The number of benzene rings is 6. The number of amides is 1. The second-order valence-corrected chi connectivity index (χ2v) is 9.93. The number of carbonyl (C=O) groups is 1. The predicted molar refractivity (Wildman–Crippen MR) is 155 cm³/mol. The van der Waals surface area contributed by atoms with Gasteiger partial charge in [0.25, 0.3) is 0 Å². The lowest BCUT2D eigenvalue weighted by Gasteiger charge is -2.37. The van der Waals surface area contributed by atoms with Gasteiger partial charge in [0.05, 0.1) is 17.9 Å². The number of para-hydroxylation sites is 1. The molecule has 0 bridgehead atoms. The van der Waals surface area contributed by atoms with Crippen LogP contribution in [0.4, 0.5) is 17.1 Å². The summed E-state index contributed by atoms with van der Waals surface area (Å²) >= 11 is 6.42. The van der Waals surface area contributed by atoms with Gasteiger partial charge in [-0.2, -0.15) is 0 Å². The first kappa shape index (κ1) is 21.9. The molecule has 0 aliphatic carbocycles. The third-order valence-electron chi connectivity index (χ3n) is 7.38. The van der Waals surface area contributed by atoms with E-state index in [2.05, 4.69) is 66.7 Å². The van der Waals surface area contributed by atoms with Crippen molar-refractivity contribution >= 4 is 66.9 Å². The highest BCUT2D eigenvalue weighted by atomic mass is 35.5. The maximum absolute atomic E-state index is 13.6. The van der Waals surface area contributed by atoms with Crippen molar-refractivity contribution < 1.29 is 4.79 Å². The first-order valence-electron chi connectivity index (χ1n) is 12.4. The van der Waals surface area contributed by atoms with Crippen LogP contribution in [0.1, 0.15) is 5.56 Å². The van der Waals surface area contributed by atoms with E-state index >= 15 is 0 Å². The van der Waals surface area contributed by atoms with Gasteiger partial charge in [-0.1, -0.05) is 96.5 Å². The van der Waals surface area contributed by atoms with E-state index < -0.39 is 0 Å². The molecule has 7 rings (SSSR count). The van der Waals surface area contributed by atoms with E-state index in [0.29, 0.717) is 11.6 Å². The van der Waals surface area contributed by atoms with Crippen molar-refractivity contribution in [1.82, 2.24) is 0 Å². The molecule has 0 atom stereocenters. The molecule has 1 amide bonds. The van der Waals surface area contributed by atoms with Crippen LogP contribution in [-0.2, 0) is 11.3 Å². The summed E-state index contributed by atoms with van der Waals surface area (Å²) in [7, 11) is 0. The molecule has 0 fully saturated rings. The van der Waals surface area contributed by atoms with Crippen LogP contribution in [0.3, 0.4) is 0 Å². The van der Waals surface area contributed by atoms with Crippen LogP contribution in [0, 0.1) is 0 Å². The lowest BCUT2D eigenvalue weighted by atomic mass is 9.94. The molecule has 0 aromatic heterocycles. The number of carbonyl (C=O) groups excluding carboxylic acids is 1. The number of rotatable bonds is 3. The zero-order valence-corrected chi connectivity index (χ0v) is 20.8. The number of anilines is 3. The average Bonchev–Trinajstić information content (AvgIpc) is 2.94. The summed E-state index contributed by atoms with van der Waals surface area (Å²) < 4.78 is 0. The molecule has 1 heterocycles. The Hall–Kier alpha value is -4.34. The molecule has 0 radical (unpaired) electrons. The molecular weight excluding hydrogens is 476 g/mol. The summed E-state index contributed by atoms with van der Waals surface area (Å²) in [6, 6.07) is 39.5. The highest BCUT2D eigenvalue weighted by Crippen LogP contribution is 2.41. The molecular formula is C33H23ClN2O. The number of fused-ring (bicyclic) bond motifs is 6. The first-order valence-corrected chi connectivity index (χ1v) is 12.8. The van der Waals surface area contributed by atoms with Gasteiger partial charge in [-0.15, -0.1) is 0 Å². The molecule has 0 unspecified atom stereocenters. The third-order valence-corrected chi connectivity index (χ3v) is 7.62. The summed E-state index contributed by atoms with van der Waals surface area (Å²) in [6.45, 7) is 0.754. The van der Waals surface area contributed by atoms with Gasteiger partial charge in [-0.05, 0) is 68.2 Å². The van der Waals surface area contributed by atoms with Crippen LogP contribution in [0.5, 0.6) is 0 Å². The molecule has 0 saturated carbocycles. The summed E-state index contributed by atoms with van der Waals surface area (Å²) in [6.07, 6.45) is 0. The highest BCUT2D eigenvalue weighted by Gasteiger charge is 2.30. The Labute approximate surface area is 220 Å². The van der Waals surface area contributed by atoms with Gasteiger partial charge < -0.3 is 9.80 Å². The van der Waals surface area contributed by atoms with Crippen molar-refractivity contribution in [3.8, 4) is 0 Å². The maximum atomic E-state index is 13.6. The predicted octanol–water partition coefficient (Wildman–Crippen LogP) is 8.48. The fourth-order valence-corrected chi connectivity index (χ4v) is 5.79. The Morgan fingerprint density at radius 3 is 2.22 bits per heavy atom. The van der Waals surface area contributed by atoms with Gasteiger partial charge >= 0.3 is 0 Å². The summed E-state index contributed by atoms with van der Waals surface area (Å²) in [4.78, 5) is 17.5. The number of halogens is 1. The third kappa shape index (κ3) is 3.62.